The summed E-state index contributed by atoms with van der Waals surface area (Å²) in [6.45, 7) is 19.2. The van der Waals surface area contributed by atoms with Crippen LogP contribution in [0, 0.1) is 0 Å². The zero-order chi connectivity index (χ0) is 15.2. The van der Waals surface area contributed by atoms with Crippen molar-refractivity contribution < 1.29 is 0 Å². The first kappa shape index (κ1) is 19.1. The molecule has 0 saturated heterocycles. The summed E-state index contributed by atoms with van der Waals surface area (Å²) in [4.78, 5) is 0. The van der Waals surface area contributed by atoms with Gasteiger partial charge in [-0.15, -0.1) is 0 Å². The summed E-state index contributed by atoms with van der Waals surface area (Å²) in [5.74, 6) is 0. The lowest BCUT2D eigenvalue weighted by atomic mass is 10.1. The molecule has 0 bridgehead atoms. The highest BCUT2D eigenvalue weighted by Crippen LogP contribution is 2.33. The van der Waals surface area contributed by atoms with Crippen LogP contribution in [0.5, 0.6) is 0 Å². The molecule has 0 aromatic rings. The van der Waals surface area contributed by atoms with Crippen molar-refractivity contribution in [2.45, 2.75) is 92.0 Å². The summed E-state index contributed by atoms with van der Waals surface area (Å²) in [6.07, 6.45) is 1.26. The van der Waals surface area contributed by atoms with Crippen molar-refractivity contribution in [2.24, 2.45) is 0 Å². The lowest BCUT2D eigenvalue weighted by molar-refractivity contribution is 0.279. The lowest BCUT2D eigenvalue weighted by Crippen LogP contribution is -2.60. The van der Waals surface area contributed by atoms with Crippen LogP contribution in [-0.4, -0.2) is 35.1 Å². The number of nitrogens with zero attached hydrogens (tertiary/aromatic N) is 1. The molecular weight excluding hydrogens is 262 g/mol. The normalized spacial score (nSPS) is 16.1. The Bertz CT molecular complexity index is 281. The van der Waals surface area contributed by atoms with E-state index in [2.05, 4.69) is 60.0 Å². The fourth-order valence-corrected chi connectivity index (χ4v) is 8.64. The van der Waals surface area contributed by atoms with Gasteiger partial charge in [0.05, 0.1) is 0 Å². The third kappa shape index (κ3) is 4.30. The van der Waals surface area contributed by atoms with E-state index in [1.807, 2.05) is 0 Å². The minimum Gasteiger partial charge on any atom is -0.315 e. The Morgan fingerprint density at radius 3 is 1.63 bits per heavy atom. The molecule has 1 atom stereocenters. The monoisotopic (exact) mass is 299 g/mol. The highest BCUT2D eigenvalue weighted by molar-refractivity contribution is 6.77. The van der Waals surface area contributed by atoms with E-state index in [4.69, 9.17) is 0 Å². The van der Waals surface area contributed by atoms with E-state index in [-0.39, 0.29) is 0 Å². The average molecular weight is 300 g/mol. The van der Waals surface area contributed by atoms with E-state index in [1.54, 1.807) is 10.8 Å². The Morgan fingerprint density at radius 1 is 1.00 bits per heavy atom. The van der Waals surface area contributed by atoms with Crippen LogP contribution in [-0.2, 0) is 0 Å². The minimum absolute atomic E-state index is 0.674. The standard InChI is InChI=1S/C16H37NSi2/c1-9-16(14(7)15(8)18)17(13(5)6)19(10-2,11-3)12-4/h13,16H,9-12H2,1-8,18H3. The third-order valence-corrected chi connectivity index (χ3v) is 11.8. The van der Waals surface area contributed by atoms with Gasteiger partial charge < -0.3 is 4.57 Å². The fraction of sp³-hybridized carbons (Fsp3) is 0.875. The second kappa shape index (κ2) is 8.43. The molecule has 0 spiro atoms. The molecule has 0 radical (unpaired) electrons. The van der Waals surface area contributed by atoms with Crippen molar-refractivity contribution in [3.63, 3.8) is 0 Å². The second-order valence-electron chi connectivity index (χ2n) is 6.39. The third-order valence-electron chi connectivity index (χ3n) is 5.09. The highest BCUT2D eigenvalue weighted by atomic mass is 28.3. The Morgan fingerprint density at radius 2 is 1.42 bits per heavy atom. The van der Waals surface area contributed by atoms with E-state index < -0.39 is 8.24 Å². The van der Waals surface area contributed by atoms with E-state index in [0.29, 0.717) is 12.1 Å². The molecule has 0 aliphatic carbocycles. The van der Waals surface area contributed by atoms with Gasteiger partial charge in [0.25, 0.3) is 0 Å². The summed E-state index contributed by atoms with van der Waals surface area (Å²) in [5, 5.41) is 1.64. The Labute approximate surface area is 126 Å². The summed E-state index contributed by atoms with van der Waals surface area (Å²) in [5.41, 5.74) is 1.66. The smallest absolute Gasteiger partial charge is 0.128 e. The summed E-state index contributed by atoms with van der Waals surface area (Å²) in [7, 11) is -0.0814. The minimum atomic E-state index is -1.29. The maximum Gasteiger partial charge on any atom is 0.128 e. The van der Waals surface area contributed by atoms with Gasteiger partial charge in [0.15, 0.2) is 0 Å². The molecule has 0 aromatic carbocycles. The van der Waals surface area contributed by atoms with E-state index in [1.165, 1.54) is 34.8 Å². The lowest BCUT2D eigenvalue weighted by Gasteiger charge is -2.49. The van der Waals surface area contributed by atoms with Crippen molar-refractivity contribution in [3.8, 4) is 0 Å². The Kier molecular flexibility index (Phi) is 8.49. The first-order chi connectivity index (χ1) is 8.81. The van der Waals surface area contributed by atoms with Gasteiger partial charge in [0.1, 0.15) is 8.24 Å². The maximum absolute atomic E-state index is 2.96. The molecule has 0 rings (SSSR count). The highest BCUT2D eigenvalue weighted by Gasteiger charge is 2.40. The van der Waals surface area contributed by atoms with Crippen molar-refractivity contribution in [1.82, 2.24) is 4.57 Å². The first-order valence-electron chi connectivity index (χ1n) is 8.23. The molecule has 0 fully saturated rings. The summed E-state index contributed by atoms with van der Waals surface area (Å²) < 4.78 is 2.96. The van der Waals surface area contributed by atoms with E-state index in [9.17, 15) is 0 Å². The molecule has 19 heavy (non-hydrogen) atoms. The van der Waals surface area contributed by atoms with Crippen LogP contribution in [0.15, 0.2) is 10.8 Å². The van der Waals surface area contributed by atoms with Crippen LogP contribution in [0.2, 0.25) is 18.1 Å². The van der Waals surface area contributed by atoms with Gasteiger partial charge in [-0.3, -0.25) is 0 Å². The van der Waals surface area contributed by atoms with Gasteiger partial charge in [-0.1, -0.05) is 52.3 Å². The van der Waals surface area contributed by atoms with Crippen LogP contribution in [0.1, 0.15) is 61.8 Å². The maximum atomic E-state index is 2.96. The molecule has 3 heteroatoms. The van der Waals surface area contributed by atoms with Crippen LogP contribution < -0.4 is 0 Å². The average Bonchev–Trinajstić information content (AvgIpc) is 2.39. The molecule has 0 saturated carbocycles. The van der Waals surface area contributed by atoms with Crippen molar-refractivity contribution in [2.75, 3.05) is 0 Å². The molecule has 0 N–H and O–H groups in total. The van der Waals surface area contributed by atoms with Crippen molar-refractivity contribution >= 4 is 18.5 Å². The van der Waals surface area contributed by atoms with Gasteiger partial charge in [0, 0.05) is 16.3 Å². The topological polar surface area (TPSA) is 3.24 Å². The molecule has 1 unspecified atom stereocenters. The predicted molar refractivity (Wildman–Crippen MR) is 96.6 cm³/mol. The number of hydrogen-bond acceptors (Lipinski definition) is 1. The largest absolute Gasteiger partial charge is 0.315 e. The zero-order valence-electron chi connectivity index (χ0n) is 14.9. The van der Waals surface area contributed by atoms with Crippen molar-refractivity contribution in [3.05, 3.63) is 10.8 Å². The van der Waals surface area contributed by atoms with Crippen LogP contribution >= 0.6 is 0 Å². The van der Waals surface area contributed by atoms with Crippen LogP contribution in [0.4, 0.5) is 0 Å². The van der Waals surface area contributed by atoms with E-state index >= 15 is 0 Å². The number of hydrogen-bond donors (Lipinski definition) is 0. The summed E-state index contributed by atoms with van der Waals surface area (Å²) >= 11 is 0. The second-order valence-corrected chi connectivity index (χ2v) is 13.0. The van der Waals surface area contributed by atoms with Gasteiger partial charge in [-0.25, -0.2) is 0 Å². The van der Waals surface area contributed by atoms with Gasteiger partial charge in [-0.05, 0) is 44.4 Å². The van der Waals surface area contributed by atoms with E-state index in [0.717, 1.165) is 0 Å². The number of allylic oxidation sites excluding steroid dienone is 1. The molecule has 0 aliphatic heterocycles. The quantitative estimate of drug-likeness (QED) is 0.609. The molecule has 0 amide bonds. The molecule has 0 aliphatic rings. The molecular formula is C16H37NSi2. The number of rotatable bonds is 8. The van der Waals surface area contributed by atoms with Crippen LogP contribution in [0.25, 0.3) is 0 Å². The SMILES string of the molecule is CCC(C(C)=C(C)[SiH3])N(C(C)C)[Si](CC)(CC)CC. The van der Waals surface area contributed by atoms with Gasteiger partial charge >= 0.3 is 0 Å². The zero-order valence-corrected chi connectivity index (χ0v) is 17.9. The predicted octanol–water partition coefficient (Wildman–Crippen LogP) is 4.14. The molecule has 1 nitrogen and oxygen atoms in total. The fourth-order valence-electron chi connectivity index (χ4n) is 3.58. The van der Waals surface area contributed by atoms with Crippen molar-refractivity contribution in [1.29, 1.82) is 0 Å². The Balaban J connectivity index is 5.70. The summed E-state index contributed by atoms with van der Waals surface area (Å²) in [6, 6.07) is 5.53. The first-order valence-corrected chi connectivity index (χ1v) is 11.8. The Hall–Kier alpha value is 0.134. The van der Waals surface area contributed by atoms with Crippen LogP contribution in [0.3, 0.4) is 0 Å². The van der Waals surface area contributed by atoms with Gasteiger partial charge in [0.2, 0.25) is 0 Å². The molecule has 0 heterocycles. The molecule has 0 aromatic heterocycles. The van der Waals surface area contributed by atoms with Gasteiger partial charge in [-0.2, -0.15) is 0 Å². The molecule has 114 valence electrons.